The molecule has 0 spiro atoms. The lowest BCUT2D eigenvalue weighted by molar-refractivity contribution is 0.434. The molecule has 53 heavy (non-hydrogen) atoms. The van der Waals surface area contributed by atoms with Crippen LogP contribution < -0.4 is 0 Å². The molecule has 0 bridgehead atoms. The van der Waals surface area contributed by atoms with Gasteiger partial charge in [0.25, 0.3) is 0 Å². The van der Waals surface area contributed by atoms with Crippen LogP contribution in [0.3, 0.4) is 0 Å². The lowest BCUT2D eigenvalue weighted by atomic mass is 10.1. The number of aromatic amines is 1. The Bertz CT molecular complexity index is 2400. The zero-order valence-corrected chi connectivity index (χ0v) is 31.4. The van der Waals surface area contributed by atoms with Crippen LogP contribution >= 0.6 is 34.8 Å². The average Bonchev–Trinajstić information content (AvgIpc) is 3.98. The van der Waals surface area contributed by atoms with Crippen LogP contribution in [0.15, 0.2) is 106 Å². The molecule has 12 nitrogen and oxygen atoms in total. The number of benzene rings is 2. The smallest absolute Gasteiger partial charge is 0.203 e. The normalized spacial score (nSPS) is 10.7. The minimum absolute atomic E-state index is 0.458. The first-order chi connectivity index (χ1) is 25.6. The second-order valence-electron chi connectivity index (χ2n) is 11.9. The molecule has 0 unspecified atom stereocenters. The molecular weight excluding hydrogens is 735 g/mol. The van der Waals surface area contributed by atoms with E-state index in [1.807, 2.05) is 107 Å². The van der Waals surface area contributed by atoms with Crippen LogP contribution in [0.4, 0.5) is 0 Å². The molecule has 0 aliphatic heterocycles. The molecule has 0 fully saturated rings. The molecule has 0 radical (unpaired) electrons. The summed E-state index contributed by atoms with van der Waals surface area (Å²) in [5, 5.41) is 20.4. The number of aryl methyl sites for hydroxylation is 4. The van der Waals surface area contributed by atoms with Gasteiger partial charge in [-0.1, -0.05) is 93.2 Å². The fraction of sp³-hybridized carbons (Fsp3) is 0.158. The van der Waals surface area contributed by atoms with Gasteiger partial charge in [0.05, 0.1) is 6.54 Å². The third kappa shape index (κ3) is 10.0. The third-order valence-electron chi connectivity index (χ3n) is 7.67. The summed E-state index contributed by atoms with van der Waals surface area (Å²) in [5.74, 6) is 4.52. The Hall–Kier alpha value is -5.69. The highest BCUT2D eigenvalue weighted by atomic mass is 35.5. The van der Waals surface area contributed by atoms with Crippen molar-refractivity contribution in [3.63, 3.8) is 0 Å². The summed E-state index contributed by atoms with van der Waals surface area (Å²) < 4.78 is 12.6. The van der Waals surface area contributed by atoms with Crippen LogP contribution in [0.1, 0.15) is 33.9 Å². The molecule has 268 valence electrons. The van der Waals surface area contributed by atoms with Gasteiger partial charge in [0, 0.05) is 41.5 Å². The molecule has 8 aromatic rings. The van der Waals surface area contributed by atoms with E-state index in [9.17, 15) is 0 Å². The van der Waals surface area contributed by atoms with Crippen LogP contribution in [0.25, 0.3) is 45.7 Å². The van der Waals surface area contributed by atoms with Crippen molar-refractivity contribution in [3.8, 4) is 45.7 Å². The fourth-order valence-electron chi connectivity index (χ4n) is 4.84. The summed E-state index contributed by atoms with van der Waals surface area (Å²) in [7, 11) is 0. The van der Waals surface area contributed by atoms with Crippen LogP contribution in [-0.4, -0.2) is 50.2 Å². The van der Waals surface area contributed by atoms with Crippen molar-refractivity contribution in [2.24, 2.45) is 0 Å². The predicted octanol–water partition coefficient (Wildman–Crippen LogP) is 9.53. The number of alkyl halides is 1. The van der Waals surface area contributed by atoms with E-state index in [0.29, 0.717) is 57.3 Å². The number of hydrogen-bond acceptors (Lipinski definition) is 10. The highest BCUT2D eigenvalue weighted by molar-refractivity contribution is 6.29. The fourth-order valence-corrected chi connectivity index (χ4v) is 5.40. The van der Waals surface area contributed by atoms with Crippen LogP contribution in [0.2, 0.25) is 10.3 Å². The van der Waals surface area contributed by atoms with Gasteiger partial charge in [0.1, 0.15) is 22.0 Å². The molecule has 2 aromatic carbocycles. The first-order valence-corrected chi connectivity index (χ1v) is 17.6. The Kier molecular flexibility index (Phi) is 12.0. The van der Waals surface area contributed by atoms with E-state index in [-0.39, 0.29) is 0 Å². The van der Waals surface area contributed by atoms with Gasteiger partial charge in [0.2, 0.25) is 11.6 Å². The molecule has 6 heterocycles. The molecular formula is C38H33Cl3N10O2. The maximum Gasteiger partial charge on any atom is 0.203 e. The number of halogens is 3. The van der Waals surface area contributed by atoms with E-state index in [4.69, 9.17) is 43.8 Å². The molecule has 0 aliphatic carbocycles. The van der Waals surface area contributed by atoms with Gasteiger partial charge in [0.15, 0.2) is 22.9 Å². The number of hydrogen-bond donors (Lipinski definition) is 1. The van der Waals surface area contributed by atoms with Gasteiger partial charge in [-0.3, -0.25) is 5.10 Å². The first-order valence-electron chi connectivity index (χ1n) is 16.3. The Morgan fingerprint density at radius 2 is 1.17 bits per heavy atom. The van der Waals surface area contributed by atoms with Crippen molar-refractivity contribution in [2.75, 3.05) is 0 Å². The number of aromatic nitrogens is 10. The highest BCUT2D eigenvalue weighted by Gasteiger charge is 2.15. The summed E-state index contributed by atoms with van der Waals surface area (Å²) in [5.41, 5.74) is 7.61. The zero-order valence-electron chi connectivity index (χ0n) is 29.1. The van der Waals surface area contributed by atoms with Gasteiger partial charge < -0.3 is 9.05 Å². The molecule has 8 rings (SSSR count). The van der Waals surface area contributed by atoms with Crippen molar-refractivity contribution in [1.82, 2.24) is 50.2 Å². The molecule has 0 atom stereocenters. The molecule has 1 N–H and O–H groups in total. The first kappa shape index (κ1) is 37.1. The maximum atomic E-state index is 5.94. The number of nitrogens with zero attached hydrogens (tertiary/aromatic N) is 9. The molecule has 6 aromatic heterocycles. The molecule has 0 amide bonds. The molecule has 0 aliphatic rings. The van der Waals surface area contributed by atoms with Crippen LogP contribution in [0, 0.1) is 27.7 Å². The van der Waals surface area contributed by atoms with Gasteiger partial charge in [-0.2, -0.15) is 5.10 Å². The van der Waals surface area contributed by atoms with Gasteiger partial charge in [-0.05, 0) is 63.1 Å². The standard InChI is InChI=1S/C19H16ClN5O.C13H12N4O.C6H5Cl2N/c1-12-3-5-15(6-4-12)17-10-16(24-26-17)19-22-13(2)25(23-19)11-14-7-8-21-18(20)9-14;1-8-3-5-10(6-4-8)12-7-11(17-18-12)13-14-9(2)15-16-13;7-4-5-1-2-9-6(8)3-5/h3-10H,11H2,1-2H3;3-7H,1-2H3,(H,14,15,16);1-3H,4H2. The number of rotatable bonds is 7. The Morgan fingerprint density at radius 3 is 1.66 bits per heavy atom. The summed E-state index contributed by atoms with van der Waals surface area (Å²) in [4.78, 5) is 16.5. The SMILES string of the molecule is Cc1ccc(-c2cc(-c3n[nH]c(C)n3)no2)cc1.Cc1ccc(-c2cc(-c3nc(C)n(Cc4ccnc(Cl)c4)n3)no2)cc1.ClCc1ccnc(Cl)c1. The third-order valence-corrected chi connectivity index (χ3v) is 8.40. The molecule has 0 saturated carbocycles. The summed E-state index contributed by atoms with van der Waals surface area (Å²) in [6.45, 7) is 8.40. The van der Waals surface area contributed by atoms with E-state index in [1.54, 1.807) is 23.1 Å². The van der Waals surface area contributed by atoms with E-state index >= 15 is 0 Å². The van der Waals surface area contributed by atoms with Crippen molar-refractivity contribution < 1.29 is 9.05 Å². The average molecular weight is 768 g/mol. The molecule has 15 heteroatoms. The quantitative estimate of drug-likeness (QED) is 0.123. The monoisotopic (exact) mass is 766 g/mol. The maximum absolute atomic E-state index is 5.94. The summed E-state index contributed by atoms with van der Waals surface area (Å²) in [6, 6.07) is 27.1. The minimum Gasteiger partial charge on any atom is -0.356 e. The van der Waals surface area contributed by atoms with Gasteiger partial charge in [-0.15, -0.1) is 16.7 Å². The molecule has 0 saturated heterocycles. The van der Waals surface area contributed by atoms with Gasteiger partial charge in [-0.25, -0.2) is 24.6 Å². The van der Waals surface area contributed by atoms with Crippen molar-refractivity contribution in [1.29, 1.82) is 0 Å². The largest absolute Gasteiger partial charge is 0.356 e. The lowest BCUT2D eigenvalue weighted by Crippen LogP contribution is -2.04. The van der Waals surface area contributed by atoms with E-state index in [2.05, 4.69) is 45.5 Å². The summed E-state index contributed by atoms with van der Waals surface area (Å²) >= 11 is 17.0. The van der Waals surface area contributed by atoms with Crippen LogP contribution in [-0.2, 0) is 12.4 Å². The van der Waals surface area contributed by atoms with Crippen molar-refractivity contribution >= 4 is 34.8 Å². The minimum atomic E-state index is 0.458. The van der Waals surface area contributed by atoms with E-state index in [0.717, 1.165) is 33.9 Å². The summed E-state index contributed by atoms with van der Waals surface area (Å²) in [6.07, 6.45) is 3.32. The number of pyridine rings is 2. The Morgan fingerprint density at radius 1 is 0.642 bits per heavy atom. The van der Waals surface area contributed by atoms with Crippen molar-refractivity contribution in [2.45, 2.75) is 40.1 Å². The second-order valence-corrected chi connectivity index (χ2v) is 12.9. The zero-order chi connectivity index (χ0) is 37.3. The highest BCUT2D eigenvalue weighted by Crippen LogP contribution is 2.26. The Labute approximate surface area is 320 Å². The van der Waals surface area contributed by atoms with Crippen LogP contribution in [0.5, 0.6) is 0 Å². The number of nitrogens with one attached hydrogen (secondary N) is 1. The Balaban J connectivity index is 0.000000153. The topological polar surface area (TPSA) is 150 Å². The second kappa shape index (κ2) is 17.2. The van der Waals surface area contributed by atoms with Gasteiger partial charge >= 0.3 is 0 Å². The van der Waals surface area contributed by atoms with E-state index in [1.165, 1.54) is 11.1 Å². The van der Waals surface area contributed by atoms with E-state index < -0.39 is 0 Å². The number of H-pyrrole nitrogens is 1. The van der Waals surface area contributed by atoms with Crippen molar-refractivity contribution in [3.05, 3.63) is 142 Å². The predicted molar refractivity (Wildman–Crippen MR) is 204 cm³/mol. The lowest BCUT2D eigenvalue weighted by Gasteiger charge is -2.02.